The number of rotatable bonds is 2. The molecule has 0 bridgehead atoms. The van der Waals surface area contributed by atoms with Gasteiger partial charge in [-0.3, -0.25) is 4.40 Å². The molecule has 0 aromatic carbocycles. The molecular weight excluding hydrogens is 156 g/mol. The van der Waals surface area contributed by atoms with Crippen LogP contribution in [0, 0.1) is 0 Å². The SMILES string of the molecule is O=CCc1cn2ccnnc2n1. The highest BCUT2D eigenvalue weighted by atomic mass is 16.1. The Balaban J connectivity index is 2.54. The molecule has 0 unspecified atom stereocenters. The average Bonchev–Trinajstić information content (AvgIpc) is 2.47. The lowest BCUT2D eigenvalue weighted by molar-refractivity contribution is -0.107. The van der Waals surface area contributed by atoms with Crippen molar-refractivity contribution < 1.29 is 4.79 Å². The second-order valence-electron chi connectivity index (χ2n) is 2.32. The maximum absolute atomic E-state index is 10.2. The Bertz CT molecular complexity index is 375. The van der Waals surface area contributed by atoms with E-state index in [0.29, 0.717) is 17.9 Å². The first-order valence-electron chi connectivity index (χ1n) is 3.49. The van der Waals surface area contributed by atoms with Gasteiger partial charge in [-0.05, 0) is 0 Å². The van der Waals surface area contributed by atoms with Crippen LogP contribution in [0.2, 0.25) is 0 Å². The van der Waals surface area contributed by atoms with Crippen molar-refractivity contribution >= 4 is 12.1 Å². The molecule has 0 aliphatic rings. The zero-order chi connectivity index (χ0) is 8.39. The Hall–Kier alpha value is -1.78. The fourth-order valence-electron chi connectivity index (χ4n) is 0.987. The maximum Gasteiger partial charge on any atom is 0.253 e. The summed E-state index contributed by atoms with van der Waals surface area (Å²) in [5.74, 6) is 0.523. The number of imidazole rings is 1. The van der Waals surface area contributed by atoms with Crippen molar-refractivity contribution in [1.29, 1.82) is 0 Å². The fourth-order valence-corrected chi connectivity index (χ4v) is 0.987. The van der Waals surface area contributed by atoms with Crippen LogP contribution in [-0.4, -0.2) is 25.9 Å². The molecule has 2 aromatic rings. The second kappa shape index (κ2) is 2.69. The Morgan fingerprint density at radius 1 is 1.58 bits per heavy atom. The molecule has 0 atom stereocenters. The third-order valence-corrected chi connectivity index (χ3v) is 1.50. The third-order valence-electron chi connectivity index (χ3n) is 1.50. The summed E-state index contributed by atoms with van der Waals surface area (Å²) in [5.41, 5.74) is 0.713. The first-order chi connectivity index (χ1) is 5.90. The lowest BCUT2D eigenvalue weighted by atomic mass is 10.4. The van der Waals surface area contributed by atoms with Gasteiger partial charge in [0.1, 0.15) is 6.29 Å². The largest absolute Gasteiger partial charge is 0.303 e. The predicted octanol–water partition coefficient (Wildman–Crippen LogP) is -0.134. The van der Waals surface area contributed by atoms with E-state index < -0.39 is 0 Å². The van der Waals surface area contributed by atoms with E-state index in [1.165, 1.54) is 0 Å². The van der Waals surface area contributed by atoms with Gasteiger partial charge in [-0.1, -0.05) is 0 Å². The van der Waals surface area contributed by atoms with Crippen molar-refractivity contribution in [3.05, 3.63) is 24.3 Å². The zero-order valence-corrected chi connectivity index (χ0v) is 6.21. The third kappa shape index (κ3) is 1.05. The summed E-state index contributed by atoms with van der Waals surface area (Å²) in [4.78, 5) is 14.2. The molecule has 12 heavy (non-hydrogen) atoms. The Kier molecular flexibility index (Phi) is 1.55. The highest BCUT2D eigenvalue weighted by Gasteiger charge is 1.99. The number of carbonyl (C=O) groups excluding carboxylic acids is 1. The van der Waals surface area contributed by atoms with Crippen molar-refractivity contribution in [2.24, 2.45) is 0 Å². The summed E-state index contributed by atoms with van der Waals surface area (Å²) in [6.07, 6.45) is 6.21. The Morgan fingerprint density at radius 3 is 3.25 bits per heavy atom. The van der Waals surface area contributed by atoms with Crippen molar-refractivity contribution in [1.82, 2.24) is 19.6 Å². The van der Waals surface area contributed by atoms with E-state index in [0.717, 1.165) is 6.29 Å². The van der Waals surface area contributed by atoms with Crippen molar-refractivity contribution in [2.75, 3.05) is 0 Å². The van der Waals surface area contributed by atoms with Crippen LogP contribution in [0.3, 0.4) is 0 Å². The van der Waals surface area contributed by atoms with E-state index in [4.69, 9.17) is 0 Å². The summed E-state index contributed by atoms with van der Waals surface area (Å²) in [6, 6.07) is 0. The van der Waals surface area contributed by atoms with E-state index in [2.05, 4.69) is 15.2 Å². The molecule has 0 aliphatic heterocycles. The smallest absolute Gasteiger partial charge is 0.253 e. The van der Waals surface area contributed by atoms with Gasteiger partial charge in [-0.2, -0.15) is 5.10 Å². The number of nitrogens with zero attached hydrogens (tertiary/aromatic N) is 4. The minimum Gasteiger partial charge on any atom is -0.303 e. The van der Waals surface area contributed by atoms with Gasteiger partial charge >= 0.3 is 0 Å². The second-order valence-corrected chi connectivity index (χ2v) is 2.32. The fraction of sp³-hybridized carbons (Fsp3) is 0.143. The van der Waals surface area contributed by atoms with Crippen LogP contribution in [0.1, 0.15) is 5.69 Å². The van der Waals surface area contributed by atoms with Gasteiger partial charge in [0, 0.05) is 18.8 Å². The quantitative estimate of drug-likeness (QED) is 0.577. The molecule has 0 amide bonds. The molecule has 2 rings (SSSR count). The summed E-state index contributed by atoms with van der Waals surface area (Å²) in [6.45, 7) is 0. The highest BCUT2D eigenvalue weighted by molar-refractivity contribution is 5.54. The molecule has 0 radical (unpaired) electrons. The Labute approximate surface area is 68.1 Å². The molecular formula is C7H6N4O. The van der Waals surface area contributed by atoms with Gasteiger partial charge < -0.3 is 4.79 Å². The zero-order valence-electron chi connectivity index (χ0n) is 6.21. The van der Waals surface area contributed by atoms with E-state index in [1.54, 1.807) is 23.0 Å². The molecule has 2 aromatic heterocycles. The molecule has 0 fully saturated rings. The van der Waals surface area contributed by atoms with Crippen molar-refractivity contribution in [3.8, 4) is 0 Å². The van der Waals surface area contributed by atoms with Crippen LogP contribution in [0.4, 0.5) is 0 Å². The topological polar surface area (TPSA) is 60.2 Å². The molecule has 0 spiro atoms. The monoisotopic (exact) mass is 162 g/mol. The van der Waals surface area contributed by atoms with E-state index >= 15 is 0 Å². The number of hydrogen-bond acceptors (Lipinski definition) is 4. The van der Waals surface area contributed by atoms with Gasteiger partial charge in [-0.15, -0.1) is 5.10 Å². The molecule has 0 N–H and O–H groups in total. The van der Waals surface area contributed by atoms with Crippen LogP contribution < -0.4 is 0 Å². The standard InChI is InChI=1S/C7H6N4O/c12-4-1-6-5-11-3-2-8-10-7(11)9-6/h2-5H,1H2. The summed E-state index contributed by atoms with van der Waals surface area (Å²) in [7, 11) is 0. The minimum atomic E-state index is 0.323. The lowest BCUT2D eigenvalue weighted by Crippen LogP contribution is -1.87. The highest BCUT2D eigenvalue weighted by Crippen LogP contribution is 1.99. The van der Waals surface area contributed by atoms with Gasteiger partial charge in [0.15, 0.2) is 0 Å². The van der Waals surface area contributed by atoms with E-state index in [1.807, 2.05) is 0 Å². The molecule has 2 heterocycles. The summed E-state index contributed by atoms with van der Waals surface area (Å²) in [5, 5.41) is 7.43. The molecule has 60 valence electrons. The molecule has 0 saturated heterocycles. The summed E-state index contributed by atoms with van der Waals surface area (Å²) >= 11 is 0. The van der Waals surface area contributed by atoms with Gasteiger partial charge in [0.2, 0.25) is 0 Å². The van der Waals surface area contributed by atoms with Crippen LogP contribution in [0.5, 0.6) is 0 Å². The normalized spacial score (nSPS) is 10.3. The first kappa shape index (κ1) is 6.90. The number of fused-ring (bicyclic) bond motifs is 1. The van der Waals surface area contributed by atoms with Crippen LogP contribution in [0.25, 0.3) is 5.78 Å². The number of carbonyl (C=O) groups is 1. The summed E-state index contributed by atoms with van der Waals surface area (Å²) < 4.78 is 1.73. The van der Waals surface area contributed by atoms with E-state index in [9.17, 15) is 4.79 Å². The first-order valence-corrected chi connectivity index (χ1v) is 3.49. The molecule has 0 saturated carbocycles. The molecule has 0 aliphatic carbocycles. The number of hydrogen-bond donors (Lipinski definition) is 0. The van der Waals surface area contributed by atoms with Crippen LogP contribution in [0.15, 0.2) is 18.6 Å². The van der Waals surface area contributed by atoms with Crippen molar-refractivity contribution in [3.63, 3.8) is 0 Å². The van der Waals surface area contributed by atoms with Gasteiger partial charge in [0.05, 0.1) is 11.9 Å². The number of aromatic nitrogens is 4. The number of aldehydes is 1. The van der Waals surface area contributed by atoms with Crippen LogP contribution in [-0.2, 0) is 11.2 Å². The Morgan fingerprint density at radius 2 is 2.50 bits per heavy atom. The van der Waals surface area contributed by atoms with Crippen LogP contribution >= 0.6 is 0 Å². The van der Waals surface area contributed by atoms with Crippen molar-refractivity contribution in [2.45, 2.75) is 6.42 Å². The van der Waals surface area contributed by atoms with E-state index in [-0.39, 0.29) is 0 Å². The predicted molar refractivity (Wildman–Crippen MR) is 40.6 cm³/mol. The molecule has 5 nitrogen and oxygen atoms in total. The van der Waals surface area contributed by atoms with Gasteiger partial charge in [0.25, 0.3) is 5.78 Å². The minimum absolute atomic E-state index is 0.323. The van der Waals surface area contributed by atoms with Gasteiger partial charge in [-0.25, -0.2) is 4.98 Å². The maximum atomic E-state index is 10.2. The average molecular weight is 162 g/mol. The lowest BCUT2D eigenvalue weighted by Gasteiger charge is -1.84. The molecule has 5 heteroatoms.